The maximum atomic E-state index is 14.3. The molecule has 0 fully saturated rings. The third-order valence-corrected chi connectivity index (χ3v) is 6.38. The molecule has 0 spiro atoms. The number of ether oxygens (including phenoxy) is 3. The van der Waals surface area contributed by atoms with Crippen molar-refractivity contribution in [2.75, 3.05) is 27.4 Å². The number of thiophene rings is 1. The predicted octanol–water partition coefficient (Wildman–Crippen LogP) is 4.85. The van der Waals surface area contributed by atoms with Gasteiger partial charge in [0.2, 0.25) is 5.78 Å². The van der Waals surface area contributed by atoms with E-state index in [0.717, 1.165) is 22.7 Å². The Hall–Kier alpha value is -2.55. The van der Waals surface area contributed by atoms with Gasteiger partial charge in [-0.15, -0.1) is 11.3 Å². The average molecular weight is 448 g/mol. The SMILES string of the molecule is COCc1c(C(=O)OCC(=O)c2cc(C)n([C@H](C)COC)c2C)sc2cccc(F)c12. The zero-order chi connectivity index (χ0) is 22.7. The molecule has 0 aliphatic rings. The van der Waals surface area contributed by atoms with Crippen LogP contribution in [0.4, 0.5) is 4.39 Å². The Morgan fingerprint density at radius 2 is 1.94 bits per heavy atom. The molecule has 8 heteroatoms. The van der Waals surface area contributed by atoms with Gasteiger partial charge in [0.1, 0.15) is 10.7 Å². The van der Waals surface area contributed by atoms with Crippen molar-refractivity contribution in [1.29, 1.82) is 0 Å². The predicted molar refractivity (Wildman–Crippen MR) is 118 cm³/mol. The molecule has 6 nitrogen and oxygen atoms in total. The van der Waals surface area contributed by atoms with Gasteiger partial charge in [0.05, 0.1) is 19.3 Å². The first kappa shape index (κ1) is 23.1. The van der Waals surface area contributed by atoms with E-state index in [1.54, 1.807) is 25.3 Å². The van der Waals surface area contributed by atoms with Crippen LogP contribution in [0.3, 0.4) is 0 Å². The van der Waals surface area contributed by atoms with Gasteiger partial charge >= 0.3 is 5.97 Å². The molecular formula is C23H26FNO5S. The first-order valence-electron chi connectivity index (χ1n) is 9.86. The highest BCUT2D eigenvalue weighted by Gasteiger charge is 2.24. The largest absolute Gasteiger partial charge is 0.453 e. The maximum absolute atomic E-state index is 14.3. The van der Waals surface area contributed by atoms with Crippen LogP contribution in [0.5, 0.6) is 0 Å². The quantitative estimate of drug-likeness (QED) is 0.346. The number of Topliss-reactive ketones (excluding diaryl/α,β-unsaturated/α-hetero) is 1. The summed E-state index contributed by atoms with van der Waals surface area (Å²) in [5.74, 6) is -1.38. The number of rotatable bonds is 9. The van der Waals surface area contributed by atoms with Gasteiger partial charge in [0, 0.05) is 46.8 Å². The smallest absolute Gasteiger partial charge is 0.349 e. The Morgan fingerprint density at radius 1 is 1.19 bits per heavy atom. The van der Waals surface area contributed by atoms with Crippen LogP contribution < -0.4 is 0 Å². The number of aryl methyl sites for hydroxylation is 1. The number of methoxy groups -OCH3 is 2. The van der Waals surface area contributed by atoms with Crippen LogP contribution in [0.2, 0.25) is 0 Å². The topological polar surface area (TPSA) is 66.8 Å². The number of nitrogens with zero attached hydrogens (tertiary/aromatic N) is 1. The van der Waals surface area contributed by atoms with Crippen LogP contribution in [0.25, 0.3) is 10.1 Å². The van der Waals surface area contributed by atoms with Crippen LogP contribution in [0, 0.1) is 19.7 Å². The number of hydrogen-bond donors (Lipinski definition) is 0. The maximum Gasteiger partial charge on any atom is 0.349 e. The van der Waals surface area contributed by atoms with Crippen LogP contribution >= 0.6 is 11.3 Å². The molecule has 2 aromatic heterocycles. The van der Waals surface area contributed by atoms with Gasteiger partial charge in [-0.2, -0.15) is 0 Å². The lowest BCUT2D eigenvalue weighted by Gasteiger charge is -2.17. The lowest BCUT2D eigenvalue weighted by Crippen LogP contribution is -2.17. The first-order valence-corrected chi connectivity index (χ1v) is 10.7. The van der Waals surface area contributed by atoms with E-state index in [0.29, 0.717) is 27.8 Å². The fourth-order valence-corrected chi connectivity index (χ4v) is 5.06. The molecule has 2 heterocycles. The normalized spacial score (nSPS) is 12.3. The van der Waals surface area contributed by atoms with Gasteiger partial charge in [-0.05, 0) is 39.0 Å². The van der Waals surface area contributed by atoms with Gasteiger partial charge in [-0.1, -0.05) is 6.07 Å². The second kappa shape index (κ2) is 9.72. The van der Waals surface area contributed by atoms with Gasteiger partial charge in [0.25, 0.3) is 0 Å². The summed E-state index contributed by atoms with van der Waals surface area (Å²) in [5.41, 5.74) is 2.67. The van der Waals surface area contributed by atoms with E-state index in [2.05, 4.69) is 0 Å². The Balaban J connectivity index is 1.80. The molecule has 0 amide bonds. The number of ketones is 1. The molecule has 3 aromatic rings. The van der Waals surface area contributed by atoms with Crippen molar-refractivity contribution in [2.45, 2.75) is 33.4 Å². The molecule has 0 aliphatic carbocycles. The summed E-state index contributed by atoms with van der Waals surface area (Å²) < 4.78 is 32.7. The number of aromatic nitrogens is 1. The summed E-state index contributed by atoms with van der Waals surface area (Å²) in [6, 6.07) is 6.53. The third-order valence-electron chi connectivity index (χ3n) is 5.21. The molecule has 1 aromatic carbocycles. The fourth-order valence-electron chi connectivity index (χ4n) is 3.94. The van der Waals surface area contributed by atoms with Gasteiger partial charge in [-0.25, -0.2) is 9.18 Å². The van der Waals surface area contributed by atoms with Crippen LogP contribution in [0.15, 0.2) is 24.3 Å². The molecule has 1 atom stereocenters. The minimum Gasteiger partial charge on any atom is -0.453 e. The highest BCUT2D eigenvalue weighted by Crippen LogP contribution is 2.34. The first-order chi connectivity index (χ1) is 14.8. The Morgan fingerprint density at radius 3 is 2.61 bits per heavy atom. The number of halogens is 1. The van der Waals surface area contributed by atoms with E-state index in [4.69, 9.17) is 14.2 Å². The molecular weight excluding hydrogens is 421 g/mol. The average Bonchev–Trinajstić information content (AvgIpc) is 3.24. The van der Waals surface area contributed by atoms with E-state index < -0.39 is 18.4 Å². The van der Waals surface area contributed by atoms with E-state index in [-0.39, 0.29) is 23.3 Å². The number of fused-ring (bicyclic) bond motifs is 1. The van der Waals surface area contributed by atoms with E-state index in [1.807, 2.05) is 25.3 Å². The number of hydrogen-bond acceptors (Lipinski definition) is 6. The standard InChI is InChI=1S/C23H26FNO5S/c1-13-9-16(15(3)25(13)14(2)10-28-4)19(26)12-30-23(27)22-17(11-29-5)21-18(24)7-6-8-20(21)31-22/h6-9,14H,10-12H2,1-5H3/t14-/m1/s1. The minimum absolute atomic E-state index is 0.0673. The number of esters is 1. The zero-order valence-corrected chi connectivity index (χ0v) is 19.1. The molecule has 0 radical (unpaired) electrons. The summed E-state index contributed by atoms with van der Waals surface area (Å²) in [4.78, 5) is 25.8. The number of carbonyl (C=O) groups excluding carboxylic acids is 2. The fraction of sp³-hybridized carbons (Fsp3) is 0.391. The summed E-state index contributed by atoms with van der Waals surface area (Å²) in [6.45, 7) is 5.98. The lowest BCUT2D eigenvalue weighted by atomic mass is 10.1. The third kappa shape index (κ3) is 4.56. The number of carbonyl (C=O) groups is 2. The highest BCUT2D eigenvalue weighted by molar-refractivity contribution is 7.21. The van der Waals surface area contributed by atoms with Gasteiger partial charge < -0.3 is 18.8 Å². The Bertz CT molecular complexity index is 1120. The Kier molecular flexibility index (Phi) is 7.25. The van der Waals surface area contributed by atoms with Crippen molar-refractivity contribution in [1.82, 2.24) is 4.57 Å². The van der Waals surface area contributed by atoms with Crippen molar-refractivity contribution < 1.29 is 28.2 Å². The summed E-state index contributed by atoms with van der Waals surface area (Å²) in [7, 11) is 3.11. The van der Waals surface area contributed by atoms with Crippen molar-refractivity contribution in [3.8, 4) is 0 Å². The second-order valence-corrected chi connectivity index (χ2v) is 8.47. The number of benzene rings is 1. The molecule has 0 unspecified atom stereocenters. The molecule has 0 saturated heterocycles. The van der Waals surface area contributed by atoms with E-state index in [9.17, 15) is 14.0 Å². The molecule has 31 heavy (non-hydrogen) atoms. The van der Waals surface area contributed by atoms with E-state index in [1.165, 1.54) is 13.2 Å². The summed E-state index contributed by atoms with van der Waals surface area (Å²) >= 11 is 1.13. The van der Waals surface area contributed by atoms with Crippen molar-refractivity contribution in [3.63, 3.8) is 0 Å². The van der Waals surface area contributed by atoms with Crippen molar-refractivity contribution >= 4 is 33.2 Å². The van der Waals surface area contributed by atoms with Crippen LogP contribution in [-0.2, 0) is 20.8 Å². The summed E-state index contributed by atoms with van der Waals surface area (Å²) in [6.07, 6.45) is 0. The minimum atomic E-state index is -0.664. The second-order valence-electron chi connectivity index (χ2n) is 7.41. The van der Waals surface area contributed by atoms with E-state index >= 15 is 0 Å². The van der Waals surface area contributed by atoms with Crippen LogP contribution in [-0.4, -0.2) is 43.8 Å². The van der Waals surface area contributed by atoms with Crippen molar-refractivity contribution in [3.05, 3.63) is 57.5 Å². The van der Waals surface area contributed by atoms with Gasteiger partial charge in [-0.3, -0.25) is 4.79 Å². The molecule has 0 bridgehead atoms. The zero-order valence-electron chi connectivity index (χ0n) is 18.3. The molecule has 0 saturated carbocycles. The summed E-state index contributed by atoms with van der Waals surface area (Å²) in [5, 5.41) is 0.350. The highest BCUT2D eigenvalue weighted by atomic mass is 32.1. The lowest BCUT2D eigenvalue weighted by molar-refractivity contribution is 0.0476. The van der Waals surface area contributed by atoms with Crippen LogP contribution in [0.1, 0.15) is 49.9 Å². The Labute approximate surface area is 184 Å². The van der Waals surface area contributed by atoms with Gasteiger partial charge in [0.15, 0.2) is 6.61 Å². The monoisotopic (exact) mass is 447 g/mol. The molecule has 3 rings (SSSR count). The van der Waals surface area contributed by atoms with Crippen molar-refractivity contribution in [2.24, 2.45) is 0 Å². The molecule has 166 valence electrons. The molecule has 0 aliphatic heterocycles. The molecule has 0 N–H and O–H groups in total.